The molecule has 3 aromatic heterocycles. The van der Waals surface area contributed by atoms with Gasteiger partial charge >= 0.3 is 0 Å². The summed E-state index contributed by atoms with van der Waals surface area (Å²) >= 11 is 0. The fourth-order valence-electron chi connectivity index (χ4n) is 9.17. The Morgan fingerprint density at radius 2 is 0.817 bits per heavy atom. The van der Waals surface area contributed by atoms with E-state index >= 15 is 0 Å². The lowest BCUT2D eigenvalue weighted by Gasteiger charge is -2.12. The van der Waals surface area contributed by atoms with Crippen molar-refractivity contribution in [1.29, 1.82) is 0 Å². The number of aromatic nitrogens is 4. The molecule has 0 aliphatic rings. The van der Waals surface area contributed by atoms with E-state index in [2.05, 4.69) is 228 Å². The van der Waals surface area contributed by atoms with Gasteiger partial charge in [0.2, 0.25) is 0 Å². The lowest BCUT2D eigenvalue weighted by molar-refractivity contribution is 1.18. The Kier molecular flexibility index (Phi) is 7.82. The molecule has 60 heavy (non-hydrogen) atoms. The van der Waals surface area contributed by atoms with Gasteiger partial charge in [0.05, 0.1) is 33.3 Å². The Morgan fingerprint density at radius 3 is 1.53 bits per heavy atom. The zero-order valence-electron chi connectivity index (χ0n) is 32.6. The minimum absolute atomic E-state index is 0.703. The number of hydrogen-bond acceptors (Lipinski definition) is 2. The summed E-state index contributed by atoms with van der Waals surface area (Å²) in [6.45, 7) is 0. The highest BCUT2D eigenvalue weighted by molar-refractivity contribution is 6.16. The third kappa shape index (κ3) is 5.46. The maximum Gasteiger partial charge on any atom is 0.160 e. The Labute approximate surface area is 346 Å². The summed E-state index contributed by atoms with van der Waals surface area (Å²) in [5.74, 6) is 0.703. The predicted octanol–water partition coefficient (Wildman–Crippen LogP) is 14.5. The normalized spacial score (nSPS) is 11.7. The van der Waals surface area contributed by atoms with Crippen LogP contribution in [0.5, 0.6) is 0 Å². The predicted molar refractivity (Wildman–Crippen MR) is 250 cm³/mol. The van der Waals surface area contributed by atoms with Crippen molar-refractivity contribution < 1.29 is 0 Å². The molecule has 4 heteroatoms. The smallest absolute Gasteiger partial charge is 0.160 e. The van der Waals surface area contributed by atoms with Crippen LogP contribution in [0, 0.1) is 0 Å². The van der Waals surface area contributed by atoms with E-state index in [1.54, 1.807) is 0 Å². The van der Waals surface area contributed by atoms with E-state index in [9.17, 15) is 0 Å². The topological polar surface area (TPSA) is 35.6 Å². The van der Waals surface area contributed by atoms with E-state index in [4.69, 9.17) is 9.97 Å². The lowest BCUT2D eigenvalue weighted by Crippen LogP contribution is -1.96. The molecule has 0 aliphatic heterocycles. The molecule has 0 radical (unpaired) electrons. The first-order chi connectivity index (χ1) is 29.8. The Morgan fingerprint density at radius 1 is 0.300 bits per heavy atom. The molecular formula is C56H36N4. The lowest BCUT2D eigenvalue weighted by atomic mass is 9.97. The van der Waals surface area contributed by atoms with E-state index in [0.717, 1.165) is 55.8 Å². The molecule has 12 rings (SSSR count). The zero-order valence-corrected chi connectivity index (χ0v) is 32.6. The minimum Gasteiger partial charge on any atom is -0.309 e. The molecule has 0 atom stereocenters. The molecule has 280 valence electrons. The molecule has 0 fully saturated rings. The molecule has 4 nitrogen and oxygen atoms in total. The molecule has 0 N–H and O–H groups in total. The van der Waals surface area contributed by atoms with Crippen LogP contribution in [0.4, 0.5) is 0 Å². The highest BCUT2D eigenvalue weighted by Crippen LogP contribution is 2.40. The molecule has 0 bridgehead atoms. The van der Waals surface area contributed by atoms with Gasteiger partial charge in [-0.05, 0) is 89.0 Å². The number of benzene rings is 9. The fourth-order valence-corrected chi connectivity index (χ4v) is 9.17. The third-order valence-corrected chi connectivity index (χ3v) is 11.9. The summed E-state index contributed by atoms with van der Waals surface area (Å²) < 4.78 is 4.72. The van der Waals surface area contributed by atoms with Gasteiger partial charge in [0, 0.05) is 49.4 Å². The van der Waals surface area contributed by atoms with Crippen molar-refractivity contribution in [3.05, 3.63) is 218 Å². The van der Waals surface area contributed by atoms with Gasteiger partial charge in [-0.2, -0.15) is 0 Å². The van der Waals surface area contributed by atoms with Crippen LogP contribution in [0.25, 0.3) is 111 Å². The largest absolute Gasteiger partial charge is 0.309 e. The molecule has 3 heterocycles. The van der Waals surface area contributed by atoms with Gasteiger partial charge in [-0.3, -0.25) is 0 Å². The minimum atomic E-state index is 0.703. The second kappa shape index (κ2) is 13.8. The maximum atomic E-state index is 5.32. The Bertz CT molecular complexity index is 3570. The SMILES string of the molecule is c1ccc(-c2nc(-c3ccc(-c4cccc5c4c4ccccc4n5-c4ccccc4)cc3)nc3ccc(-c4ccc5c(c4)c4ccccc4n5-c4ccccc4)cc23)cc1. The van der Waals surface area contributed by atoms with E-state index in [0.29, 0.717) is 5.82 Å². The van der Waals surface area contributed by atoms with Crippen molar-refractivity contribution in [2.45, 2.75) is 0 Å². The third-order valence-electron chi connectivity index (χ3n) is 11.9. The Hall–Kier alpha value is -8.08. The van der Waals surface area contributed by atoms with Crippen molar-refractivity contribution in [3.8, 4) is 56.3 Å². The van der Waals surface area contributed by atoms with Crippen molar-refractivity contribution in [2.24, 2.45) is 0 Å². The van der Waals surface area contributed by atoms with E-state index in [1.807, 2.05) is 0 Å². The van der Waals surface area contributed by atoms with Gasteiger partial charge in [0.15, 0.2) is 5.82 Å². The van der Waals surface area contributed by atoms with E-state index in [-0.39, 0.29) is 0 Å². The number of nitrogens with zero attached hydrogens (tertiary/aromatic N) is 4. The fraction of sp³-hybridized carbons (Fsp3) is 0. The summed E-state index contributed by atoms with van der Waals surface area (Å²) in [6, 6.07) is 77.9. The number of rotatable bonds is 6. The molecular weight excluding hydrogens is 729 g/mol. The average Bonchev–Trinajstić information content (AvgIpc) is 3.85. The van der Waals surface area contributed by atoms with Crippen LogP contribution in [0.3, 0.4) is 0 Å². The van der Waals surface area contributed by atoms with Gasteiger partial charge in [-0.1, -0.05) is 152 Å². The summed E-state index contributed by atoms with van der Waals surface area (Å²) in [7, 11) is 0. The first kappa shape index (κ1) is 34.0. The van der Waals surface area contributed by atoms with E-state index in [1.165, 1.54) is 49.2 Å². The molecule has 9 aromatic carbocycles. The summed E-state index contributed by atoms with van der Waals surface area (Å²) in [5, 5.41) is 5.96. The molecule has 0 aliphatic carbocycles. The van der Waals surface area contributed by atoms with Crippen molar-refractivity contribution in [1.82, 2.24) is 19.1 Å². The standard InChI is InChI=1S/C56H36N4/c1-4-15-38(16-5-1)55-48-36-40(41-32-34-52-47(35-41)45-21-10-12-24-50(45)59(52)42-17-6-2-7-18-42)31-33-49(48)57-56(58-55)39-29-27-37(28-30-39)44-23-14-26-53-54(44)46-22-11-13-25-51(46)60(53)43-19-8-3-9-20-43/h1-36H. The number of fused-ring (bicyclic) bond motifs is 7. The highest BCUT2D eigenvalue weighted by Gasteiger charge is 2.18. The van der Waals surface area contributed by atoms with Gasteiger partial charge in [0.1, 0.15) is 0 Å². The van der Waals surface area contributed by atoms with Crippen LogP contribution in [-0.2, 0) is 0 Å². The van der Waals surface area contributed by atoms with Crippen LogP contribution in [-0.4, -0.2) is 19.1 Å². The van der Waals surface area contributed by atoms with Crippen molar-refractivity contribution in [2.75, 3.05) is 0 Å². The van der Waals surface area contributed by atoms with Crippen molar-refractivity contribution >= 4 is 54.5 Å². The maximum absolute atomic E-state index is 5.32. The van der Waals surface area contributed by atoms with Crippen LogP contribution in [0.1, 0.15) is 0 Å². The van der Waals surface area contributed by atoms with Crippen molar-refractivity contribution in [3.63, 3.8) is 0 Å². The average molecular weight is 765 g/mol. The van der Waals surface area contributed by atoms with Crippen LogP contribution < -0.4 is 0 Å². The summed E-state index contributed by atoms with van der Waals surface area (Å²) in [5.41, 5.74) is 15.6. The second-order valence-corrected chi connectivity index (χ2v) is 15.4. The molecule has 12 aromatic rings. The van der Waals surface area contributed by atoms with Crippen LogP contribution >= 0.6 is 0 Å². The zero-order chi connectivity index (χ0) is 39.6. The van der Waals surface area contributed by atoms with Gasteiger partial charge in [-0.25, -0.2) is 9.97 Å². The molecule has 0 saturated carbocycles. The molecule has 0 amide bonds. The summed E-state index contributed by atoms with van der Waals surface area (Å²) in [6.07, 6.45) is 0. The highest BCUT2D eigenvalue weighted by atomic mass is 15.0. The second-order valence-electron chi connectivity index (χ2n) is 15.4. The Balaban J connectivity index is 0.964. The van der Waals surface area contributed by atoms with Gasteiger partial charge in [0.25, 0.3) is 0 Å². The first-order valence-electron chi connectivity index (χ1n) is 20.4. The molecule has 0 saturated heterocycles. The van der Waals surface area contributed by atoms with Crippen LogP contribution in [0.2, 0.25) is 0 Å². The monoisotopic (exact) mass is 764 g/mol. The number of para-hydroxylation sites is 4. The quantitative estimate of drug-likeness (QED) is 0.169. The van der Waals surface area contributed by atoms with Gasteiger partial charge in [-0.15, -0.1) is 0 Å². The van der Waals surface area contributed by atoms with Gasteiger partial charge < -0.3 is 9.13 Å². The van der Waals surface area contributed by atoms with Crippen LogP contribution in [0.15, 0.2) is 218 Å². The first-order valence-corrected chi connectivity index (χ1v) is 20.4. The van der Waals surface area contributed by atoms with E-state index < -0.39 is 0 Å². The molecule has 0 unspecified atom stereocenters. The number of hydrogen-bond donors (Lipinski definition) is 0. The molecule has 0 spiro atoms. The summed E-state index contributed by atoms with van der Waals surface area (Å²) in [4.78, 5) is 10.5.